The largest absolute Gasteiger partial charge is 0.434 e. The third-order valence-corrected chi connectivity index (χ3v) is 5.63. The van der Waals surface area contributed by atoms with E-state index in [0.29, 0.717) is 31.5 Å². The molecular weight excluding hydrogens is 459 g/mol. The molecule has 12 heteroatoms. The van der Waals surface area contributed by atoms with Gasteiger partial charge in [-0.3, -0.25) is 13.9 Å². The Morgan fingerprint density at radius 2 is 1.79 bits per heavy atom. The molecule has 0 unspecified atom stereocenters. The van der Waals surface area contributed by atoms with Crippen LogP contribution < -0.4 is 10.6 Å². The summed E-state index contributed by atoms with van der Waals surface area (Å²) in [5.41, 5.74) is -1.34. The van der Waals surface area contributed by atoms with Crippen LogP contribution in [0.25, 0.3) is 5.65 Å². The maximum Gasteiger partial charge on any atom is 0.434 e. The van der Waals surface area contributed by atoms with Crippen LogP contribution in [0.1, 0.15) is 53.9 Å². The number of nitrogens with zero attached hydrogens (tertiary/aromatic N) is 4. The Hall–Kier alpha value is -3.62. The number of amides is 1. The first kappa shape index (κ1) is 25.0. The van der Waals surface area contributed by atoms with Gasteiger partial charge in [0.15, 0.2) is 5.69 Å². The van der Waals surface area contributed by atoms with E-state index >= 15 is 0 Å². The summed E-state index contributed by atoms with van der Waals surface area (Å²) in [6, 6.07) is 4.61. The zero-order valence-corrected chi connectivity index (χ0v) is 18.2. The summed E-state index contributed by atoms with van der Waals surface area (Å²) in [4.78, 5) is 16.1. The first-order valence-corrected chi connectivity index (χ1v) is 10.4. The van der Waals surface area contributed by atoms with E-state index in [1.54, 1.807) is 12.1 Å². The quantitative estimate of drug-likeness (QED) is 0.417. The molecule has 1 amide bonds. The van der Waals surface area contributed by atoms with Gasteiger partial charge in [0.05, 0.1) is 11.8 Å². The molecule has 1 aliphatic carbocycles. The number of rotatable bonds is 5. The van der Waals surface area contributed by atoms with Crippen molar-refractivity contribution >= 4 is 17.4 Å². The zero-order valence-electron chi connectivity index (χ0n) is 18.2. The summed E-state index contributed by atoms with van der Waals surface area (Å²) in [7, 11) is 1.35. The third kappa shape index (κ3) is 5.30. The van der Waals surface area contributed by atoms with Gasteiger partial charge in [-0.25, -0.2) is 13.8 Å². The van der Waals surface area contributed by atoms with Crippen LogP contribution in [0.15, 0.2) is 30.6 Å². The highest BCUT2D eigenvalue weighted by molar-refractivity contribution is 5.95. The van der Waals surface area contributed by atoms with Crippen molar-refractivity contribution in [3.05, 3.63) is 47.5 Å². The fraction of sp³-hybridized carbons (Fsp3) is 0.409. The van der Waals surface area contributed by atoms with Gasteiger partial charge in [0, 0.05) is 25.3 Å². The van der Waals surface area contributed by atoms with Gasteiger partial charge < -0.3 is 10.6 Å². The Kier molecular flexibility index (Phi) is 7.44. The second-order valence-corrected chi connectivity index (χ2v) is 7.80. The van der Waals surface area contributed by atoms with Gasteiger partial charge in [-0.2, -0.15) is 18.3 Å². The topological polar surface area (TPSA) is 76.2 Å². The Bertz CT molecular complexity index is 1160. The Morgan fingerprint density at radius 1 is 1.15 bits per heavy atom. The molecule has 7 nitrogen and oxygen atoms in total. The molecule has 0 aliphatic heterocycles. The molecule has 4 rings (SSSR count). The van der Waals surface area contributed by atoms with Crippen molar-refractivity contribution in [3.8, 4) is 12.8 Å². The highest BCUT2D eigenvalue weighted by Gasteiger charge is 2.34. The van der Waals surface area contributed by atoms with E-state index in [2.05, 4.69) is 33.6 Å². The van der Waals surface area contributed by atoms with E-state index in [0.717, 1.165) is 17.1 Å². The monoisotopic (exact) mass is 482 g/mol. The number of hydrogen-bond acceptors (Lipinski definition) is 4. The molecule has 1 saturated carbocycles. The molecule has 1 fully saturated rings. The predicted octanol–water partition coefficient (Wildman–Crippen LogP) is 4.43. The van der Waals surface area contributed by atoms with Crippen LogP contribution >= 0.6 is 0 Å². The van der Waals surface area contributed by atoms with Crippen LogP contribution in [0.4, 0.5) is 27.8 Å². The molecule has 3 aromatic rings. The van der Waals surface area contributed by atoms with Crippen LogP contribution in [0.2, 0.25) is 0 Å². The third-order valence-electron chi connectivity index (χ3n) is 5.63. The first-order chi connectivity index (χ1) is 16.1. The normalized spacial score (nSPS) is 18.4. The molecule has 1 aliphatic rings. The van der Waals surface area contributed by atoms with Crippen molar-refractivity contribution in [1.82, 2.24) is 24.5 Å². The minimum absolute atomic E-state index is 0.0134. The van der Waals surface area contributed by atoms with Gasteiger partial charge in [-0.15, -0.1) is 12.8 Å². The Morgan fingerprint density at radius 3 is 2.41 bits per heavy atom. The van der Waals surface area contributed by atoms with Crippen LogP contribution in [0.5, 0.6) is 0 Å². The van der Waals surface area contributed by atoms with E-state index in [1.807, 2.05) is 0 Å². The van der Waals surface area contributed by atoms with Crippen LogP contribution in [0, 0.1) is 12.8 Å². The minimum Gasteiger partial charge on any atom is -0.368 e. The molecular formula is C22H23F5N6O. The minimum atomic E-state index is -4.53. The van der Waals surface area contributed by atoms with Gasteiger partial charge in [-0.1, -0.05) is 6.07 Å². The van der Waals surface area contributed by atoms with Crippen molar-refractivity contribution in [3.63, 3.8) is 0 Å². The summed E-state index contributed by atoms with van der Waals surface area (Å²) in [5.74, 6) is -0.0948. The average molecular weight is 482 g/mol. The maximum atomic E-state index is 13.2. The molecule has 0 aromatic carbocycles. The van der Waals surface area contributed by atoms with Crippen molar-refractivity contribution in [1.29, 1.82) is 0 Å². The second kappa shape index (κ2) is 10.1. The number of alkyl halides is 5. The van der Waals surface area contributed by atoms with E-state index in [4.69, 9.17) is 0 Å². The molecule has 3 heterocycles. The fourth-order valence-electron chi connectivity index (χ4n) is 4.00. The van der Waals surface area contributed by atoms with Crippen molar-refractivity contribution in [2.75, 3.05) is 5.32 Å². The molecule has 3 aromatic heterocycles. The van der Waals surface area contributed by atoms with Crippen LogP contribution in [-0.2, 0) is 13.2 Å². The number of terminal acetylenes is 1. The van der Waals surface area contributed by atoms with Crippen LogP contribution in [-0.4, -0.2) is 37.2 Å². The smallest absolute Gasteiger partial charge is 0.368 e. The van der Waals surface area contributed by atoms with Crippen LogP contribution in [0.3, 0.4) is 0 Å². The number of pyridine rings is 1. The number of aromatic nitrogens is 4. The highest BCUT2D eigenvalue weighted by Crippen LogP contribution is 2.30. The first-order valence-electron chi connectivity index (χ1n) is 10.4. The number of hydrogen-bond donors (Lipinski definition) is 2. The van der Waals surface area contributed by atoms with Gasteiger partial charge >= 0.3 is 6.18 Å². The Labute approximate surface area is 192 Å². The number of carbonyl (C=O) groups is 1. The lowest BCUT2D eigenvalue weighted by Gasteiger charge is -2.30. The molecule has 0 atom stereocenters. The summed E-state index contributed by atoms with van der Waals surface area (Å²) in [5, 5.41) is 9.78. The fourth-order valence-corrected chi connectivity index (χ4v) is 4.00. The lowest BCUT2D eigenvalue weighted by molar-refractivity contribution is -0.140. The lowest BCUT2D eigenvalue weighted by atomic mass is 9.91. The van der Waals surface area contributed by atoms with Gasteiger partial charge in [-0.05, 0) is 37.8 Å². The molecule has 0 saturated heterocycles. The maximum absolute atomic E-state index is 13.2. The van der Waals surface area contributed by atoms with E-state index in [-0.39, 0.29) is 23.3 Å². The summed E-state index contributed by atoms with van der Waals surface area (Å²) >= 11 is 0. The SMILES string of the molecule is C#C.Cn1ncc(C(=O)NC2CCC(Nc3cccc4nc(C(F)(F)F)cn34)CC2)c1C(F)F. The van der Waals surface area contributed by atoms with E-state index in [1.165, 1.54) is 17.5 Å². The number of carbonyl (C=O) groups excluding carboxylic acids is 1. The van der Waals surface area contributed by atoms with Gasteiger partial charge in [0.1, 0.15) is 17.2 Å². The zero-order chi connectivity index (χ0) is 25.0. The summed E-state index contributed by atoms with van der Waals surface area (Å²) < 4.78 is 67.6. The molecule has 0 radical (unpaired) electrons. The molecule has 2 N–H and O–H groups in total. The Balaban J connectivity index is 0.00000158. The molecule has 182 valence electrons. The average Bonchev–Trinajstić information content (AvgIpc) is 3.41. The summed E-state index contributed by atoms with van der Waals surface area (Å²) in [6.45, 7) is 0. The molecule has 0 spiro atoms. The number of halogens is 5. The van der Waals surface area contributed by atoms with Gasteiger partial charge in [0.25, 0.3) is 12.3 Å². The number of anilines is 1. The van der Waals surface area contributed by atoms with Gasteiger partial charge in [0.2, 0.25) is 0 Å². The number of imidazole rings is 1. The highest BCUT2D eigenvalue weighted by atomic mass is 19.4. The van der Waals surface area contributed by atoms with Crippen molar-refractivity contribution < 1.29 is 26.7 Å². The lowest BCUT2D eigenvalue weighted by Crippen LogP contribution is -2.40. The second-order valence-electron chi connectivity index (χ2n) is 7.80. The van der Waals surface area contributed by atoms with E-state index in [9.17, 15) is 26.7 Å². The molecule has 0 bridgehead atoms. The van der Waals surface area contributed by atoms with Crippen molar-refractivity contribution in [2.24, 2.45) is 7.05 Å². The number of nitrogens with one attached hydrogen (secondary N) is 2. The number of fused-ring (bicyclic) bond motifs is 1. The number of aryl methyl sites for hydroxylation is 1. The van der Waals surface area contributed by atoms with E-state index < -0.39 is 29.9 Å². The standard InChI is InChI=1S/C20H21F5N6O.C2H2/c1-30-17(18(21)22)13(9-26-30)19(32)28-12-7-5-11(6-8-12)27-15-3-2-4-16-29-14(10-31(15)16)20(23,24)25;1-2/h2-4,9-12,18,27H,5-8H2,1H3,(H,28,32);1-2H. The predicted molar refractivity (Wildman–Crippen MR) is 115 cm³/mol. The summed E-state index contributed by atoms with van der Waals surface area (Å²) in [6.07, 6.45) is 5.24. The van der Waals surface area contributed by atoms with Crippen molar-refractivity contribution in [2.45, 2.75) is 50.4 Å². The molecule has 34 heavy (non-hydrogen) atoms.